The van der Waals surface area contributed by atoms with Crippen molar-refractivity contribution in [3.63, 3.8) is 0 Å². The summed E-state index contributed by atoms with van der Waals surface area (Å²) in [5, 5.41) is 0. The molecule has 0 radical (unpaired) electrons. The topological polar surface area (TPSA) is 54.3 Å². The van der Waals surface area contributed by atoms with Gasteiger partial charge < -0.3 is 14.5 Å². The van der Waals surface area contributed by atoms with Crippen molar-refractivity contribution >= 4 is 23.2 Å². The molecule has 0 bridgehead atoms. The molecule has 2 aromatic rings. The van der Waals surface area contributed by atoms with Gasteiger partial charge in [0.2, 0.25) is 5.91 Å². The van der Waals surface area contributed by atoms with Crippen LogP contribution in [-0.2, 0) is 9.59 Å². The van der Waals surface area contributed by atoms with Crippen LogP contribution >= 0.6 is 0 Å². The third kappa shape index (κ3) is 3.55. The first-order chi connectivity index (χ1) is 14.0. The van der Waals surface area contributed by atoms with Gasteiger partial charge in [0.1, 0.15) is 17.4 Å². The van der Waals surface area contributed by atoms with Crippen molar-refractivity contribution in [2.75, 3.05) is 43.1 Å². The van der Waals surface area contributed by atoms with E-state index >= 15 is 0 Å². The molecule has 2 saturated heterocycles. The number of halogens is 2. The Kier molecular flexibility index (Phi) is 5.19. The van der Waals surface area contributed by atoms with E-state index in [1.807, 2.05) is 24.3 Å². The average molecular weight is 402 g/mol. The van der Waals surface area contributed by atoms with E-state index in [-0.39, 0.29) is 12.1 Å². The number of ether oxygens (including phenoxy) is 1. The predicted molar refractivity (Wildman–Crippen MR) is 103 cm³/mol. The number of quaternary nitrogens is 1. The summed E-state index contributed by atoms with van der Waals surface area (Å²) < 4.78 is 32.7. The first-order valence-electron chi connectivity index (χ1n) is 9.54. The molecule has 2 aliphatic heterocycles. The van der Waals surface area contributed by atoms with Gasteiger partial charge in [0, 0.05) is 6.07 Å². The molecular weight excluding hydrogens is 380 g/mol. The van der Waals surface area contributed by atoms with Crippen LogP contribution in [0.4, 0.5) is 20.2 Å². The number of anilines is 2. The van der Waals surface area contributed by atoms with Gasteiger partial charge in [-0.25, -0.2) is 13.7 Å². The number of para-hydroxylation sites is 2. The summed E-state index contributed by atoms with van der Waals surface area (Å²) in [5.74, 6) is -1.75. The highest BCUT2D eigenvalue weighted by Gasteiger charge is 2.47. The third-order valence-electron chi connectivity index (χ3n) is 5.62. The fourth-order valence-electron chi connectivity index (χ4n) is 4.14. The summed E-state index contributed by atoms with van der Waals surface area (Å²) in [6, 6.07) is 10.1. The van der Waals surface area contributed by atoms with Crippen LogP contribution in [0.15, 0.2) is 42.5 Å². The molecule has 29 heavy (non-hydrogen) atoms. The Hall–Kier alpha value is -3.00. The zero-order valence-electron chi connectivity index (χ0n) is 16.0. The molecule has 0 spiro atoms. The Morgan fingerprint density at radius 1 is 1.03 bits per heavy atom. The van der Waals surface area contributed by atoms with Crippen molar-refractivity contribution in [3.05, 3.63) is 54.1 Å². The minimum Gasteiger partial charge on any atom is -0.495 e. The van der Waals surface area contributed by atoms with E-state index in [1.54, 1.807) is 7.11 Å². The quantitative estimate of drug-likeness (QED) is 0.776. The second-order valence-corrected chi connectivity index (χ2v) is 7.24. The monoisotopic (exact) mass is 402 g/mol. The van der Waals surface area contributed by atoms with Crippen molar-refractivity contribution in [1.29, 1.82) is 0 Å². The lowest BCUT2D eigenvalue weighted by Crippen LogP contribution is -3.19. The first-order valence-corrected chi connectivity index (χ1v) is 9.54. The third-order valence-corrected chi connectivity index (χ3v) is 5.62. The highest BCUT2D eigenvalue weighted by molar-refractivity contribution is 6.21. The number of rotatable bonds is 4. The lowest BCUT2D eigenvalue weighted by Gasteiger charge is -2.36. The number of nitrogens with one attached hydrogen (secondary N) is 1. The molecular formula is C21H22F2N3O3+. The molecule has 4 rings (SSSR count). The van der Waals surface area contributed by atoms with E-state index in [2.05, 4.69) is 4.90 Å². The van der Waals surface area contributed by atoms with Crippen LogP contribution in [0, 0.1) is 11.6 Å². The summed E-state index contributed by atoms with van der Waals surface area (Å²) in [5.41, 5.74) is 0.814. The van der Waals surface area contributed by atoms with Crippen molar-refractivity contribution in [1.82, 2.24) is 0 Å². The number of carbonyl (C=O) groups is 2. The Labute approximate surface area is 167 Å². The van der Waals surface area contributed by atoms with Gasteiger partial charge in [0.25, 0.3) is 5.91 Å². The predicted octanol–water partition coefficient (Wildman–Crippen LogP) is 1.01. The smallest absolute Gasteiger partial charge is 0.292 e. The number of benzene rings is 2. The summed E-state index contributed by atoms with van der Waals surface area (Å²) in [7, 11) is 1.63. The molecule has 2 amide bonds. The molecule has 8 heteroatoms. The van der Waals surface area contributed by atoms with Crippen molar-refractivity contribution in [2.24, 2.45) is 0 Å². The van der Waals surface area contributed by atoms with Crippen LogP contribution in [0.25, 0.3) is 0 Å². The summed E-state index contributed by atoms with van der Waals surface area (Å²) in [6.45, 7) is 2.75. The second-order valence-electron chi connectivity index (χ2n) is 7.24. The van der Waals surface area contributed by atoms with Crippen LogP contribution < -0.4 is 19.4 Å². The second kappa shape index (κ2) is 7.79. The molecule has 2 aromatic carbocycles. The number of carbonyl (C=O) groups excluding carboxylic acids is 2. The molecule has 1 N–H and O–H groups in total. The van der Waals surface area contributed by atoms with Gasteiger partial charge in [-0.05, 0) is 24.3 Å². The van der Waals surface area contributed by atoms with Gasteiger partial charge in [-0.3, -0.25) is 9.59 Å². The molecule has 2 heterocycles. The molecule has 1 atom stereocenters. The number of methoxy groups -OCH3 is 1. The minimum absolute atomic E-state index is 0.0274. The maximum atomic E-state index is 14.1. The number of imide groups is 1. The largest absolute Gasteiger partial charge is 0.495 e. The van der Waals surface area contributed by atoms with Gasteiger partial charge in [-0.15, -0.1) is 0 Å². The van der Waals surface area contributed by atoms with Crippen LogP contribution in [-0.4, -0.2) is 51.1 Å². The van der Waals surface area contributed by atoms with Gasteiger partial charge in [0.15, 0.2) is 6.04 Å². The van der Waals surface area contributed by atoms with E-state index in [4.69, 9.17) is 4.74 Å². The normalized spacial score (nSPS) is 20.4. The summed E-state index contributed by atoms with van der Waals surface area (Å²) in [6.07, 6.45) is 0.0274. The van der Waals surface area contributed by atoms with E-state index in [0.29, 0.717) is 32.2 Å². The fraction of sp³-hybridized carbons (Fsp3) is 0.333. The Morgan fingerprint density at radius 3 is 2.45 bits per heavy atom. The average Bonchev–Trinajstić information content (AvgIpc) is 3.02. The van der Waals surface area contributed by atoms with E-state index < -0.39 is 29.5 Å². The van der Waals surface area contributed by atoms with E-state index in [9.17, 15) is 18.4 Å². The molecule has 2 fully saturated rings. The highest BCUT2D eigenvalue weighted by Crippen LogP contribution is 2.28. The lowest BCUT2D eigenvalue weighted by molar-refractivity contribution is -0.915. The molecule has 6 nitrogen and oxygen atoms in total. The van der Waals surface area contributed by atoms with Crippen molar-refractivity contribution in [2.45, 2.75) is 12.5 Å². The Morgan fingerprint density at radius 2 is 1.76 bits per heavy atom. The number of hydrogen-bond acceptors (Lipinski definition) is 4. The van der Waals surface area contributed by atoms with Crippen LogP contribution in [0.5, 0.6) is 5.75 Å². The molecule has 0 unspecified atom stereocenters. The Balaban J connectivity index is 1.47. The molecule has 0 aliphatic carbocycles. The SMILES string of the molecule is COc1ccccc1N1CC[NH+]([C@H]2CC(=O)N(c3ccc(F)cc3F)C2=O)CC1. The van der Waals surface area contributed by atoms with Gasteiger partial charge in [-0.1, -0.05) is 12.1 Å². The van der Waals surface area contributed by atoms with E-state index in [1.165, 1.54) is 0 Å². The van der Waals surface area contributed by atoms with Crippen LogP contribution in [0.3, 0.4) is 0 Å². The van der Waals surface area contributed by atoms with Crippen molar-refractivity contribution in [3.8, 4) is 5.75 Å². The highest BCUT2D eigenvalue weighted by atomic mass is 19.1. The first kappa shape index (κ1) is 19.3. The number of piperazine rings is 1. The zero-order valence-corrected chi connectivity index (χ0v) is 16.0. The maximum Gasteiger partial charge on any atom is 0.292 e. The molecule has 2 aliphatic rings. The number of hydrogen-bond donors (Lipinski definition) is 1. The van der Waals surface area contributed by atoms with Crippen molar-refractivity contribution < 1.29 is 28.0 Å². The van der Waals surface area contributed by atoms with Crippen LogP contribution in [0.2, 0.25) is 0 Å². The fourth-order valence-corrected chi connectivity index (χ4v) is 4.14. The van der Waals surface area contributed by atoms with Gasteiger partial charge >= 0.3 is 0 Å². The van der Waals surface area contributed by atoms with Gasteiger partial charge in [0.05, 0.1) is 51.1 Å². The molecule has 0 aromatic heterocycles. The molecule has 0 saturated carbocycles. The number of amides is 2. The number of nitrogens with zero attached hydrogens (tertiary/aromatic N) is 2. The minimum atomic E-state index is -0.914. The standard InChI is InChI=1S/C21H21F2N3O3/c1-29-19-5-3-2-4-17(19)24-8-10-25(11-9-24)18-13-20(27)26(21(18)28)16-7-6-14(22)12-15(16)23/h2-7,12,18H,8-11,13H2,1H3/p+1/t18-/m0/s1. The van der Waals surface area contributed by atoms with Gasteiger partial charge in [-0.2, -0.15) is 0 Å². The summed E-state index contributed by atoms with van der Waals surface area (Å²) >= 11 is 0. The molecule has 152 valence electrons. The van der Waals surface area contributed by atoms with E-state index in [0.717, 1.165) is 33.4 Å². The van der Waals surface area contributed by atoms with Crippen LogP contribution in [0.1, 0.15) is 6.42 Å². The maximum absolute atomic E-state index is 14.1. The summed E-state index contributed by atoms with van der Waals surface area (Å²) in [4.78, 5) is 29.4. The lowest BCUT2D eigenvalue weighted by atomic mass is 10.1. The Bertz CT molecular complexity index is 945. The zero-order chi connectivity index (χ0) is 20.5.